The average Bonchev–Trinajstić information content (AvgIpc) is 2.99. The van der Waals surface area contributed by atoms with Gasteiger partial charge in [0, 0.05) is 13.1 Å². The Morgan fingerprint density at radius 3 is 0.913 bits per heavy atom. The summed E-state index contributed by atoms with van der Waals surface area (Å²) in [5, 5.41) is 2.63. The van der Waals surface area contributed by atoms with E-state index in [1.165, 1.54) is 0 Å². The molecule has 0 fully saturated rings. The van der Waals surface area contributed by atoms with E-state index in [1.54, 1.807) is 0 Å². The summed E-state index contributed by atoms with van der Waals surface area (Å²) < 4.78 is 65.1. The fraction of sp³-hybridized carbons (Fsp3) is 0.968. The van der Waals surface area contributed by atoms with Crippen LogP contribution in [0.15, 0.2) is 0 Å². The van der Waals surface area contributed by atoms with Crippen molar-refractivity contribution in [1.82, 2.24) is 10.2 Å². The maximum absolute atomic E-state index is 11.5. The van der Waals surface area contributed by atoms with Crippen molar-refractivity contribution in [3.8, 4) is 0 Å². The normalized spacial score (nSPS) is 11.9. The summed E-state index contributed by atoms with van der Waals surface area (Å²) >= 11 is 0. The predicted octanol–water partition coefficient (Wildman–Crippen LogP) is 1.26. The fourth-order valence-electron chi connectivity index (χ4n) is 3.09. The molecule has 0 aliphatic carbocycles. The molecule has 0 saturated carbocycles. The Bertz CT molecular complexity index is 628. The van der Waals surface area contributed by atoms with Crippen LogP contribution in [0.5, 0.6) is 0 Å². The second-order valence-electron chi connectivity index (χ2n) is 11.0. The first-order valence-corrected chi connectivity index (χ1v) is 16.3. The number of likely N-dealkylation sites (N-methyl/N-ethyl adjacent to an activating group) is 1. The number of carbonyl (C=O) groups is 1. The van der Waals surface area contributed by atoms with Crippen LogP contribution >= 0.6 is 0 Å². The Hall–Kier alpha value is -1.21. The van der Waals surface area contributed by atoms with Gasteiger partial charge in [0.2, 0.25) is 0 Å². The minimum Gasteiger partial charge on any atom is -0.444 e. The number of amides is 1. The van der Waals surface area contributed by atoms with Crippen molar-refractivity contribution in [3.63, 3.8) is 0 Å². The van der Waals surface area contributed by atoms with Crippen LogP contribution in [0.25, 0.3) is 0 Å². The van der Waals surface area contributed by atoms with Gasteiger partial charge in [0.05, 0.1) is 145 Å². The van der Waals surface area contributed by atoms with Crippen molar-refractivity contribution >= 4 is 6.09 Å². The number of carbonyl (C=O) groups excluding carboxylic acids is 1. The highest BCUT2D eigenvalue weighted by Gasteiger charge is 2.15. The minimum absolute atomic E-state index is 0.384. The van der Waals surface area contributed by atoms with Gasteiger partial charge in [0.15, 0.2) is 0 Å². The van der Waals surface area contributed by atoms with Crippen LogP contribution in [0.2, 0.25) is 0 Å². The molecule has 0 aromatic heterocycles. The van der Waals surface area contributed by atoms with E-state index in [0.717, 1.165) is 6.54 Å². The van der Waals surface area contributed by atoms with Crippen LogP contribution in [0.3, 0.4) is 0 Å². The van der Waals surface area contributed by atoms with Crippen molar-refractivity contribution in [2.75, 3.05) is 173 Å². The van der Waals surface area contributed by atoms with Gasteiger partial charge in [0.25, 0.3) is 0 Å². The van der Waals surface area contributed by atoms with Gasteiger partial charge in [-0.2, -0.15) is 0 Å². The van der Waals surface area contributed by atoms with Gasteiger partial charge in [0.1, 0.15) is 5.60 Å². The summed E-state index contributed by atoms with van der Waals surface area (Å²) in [6.07, 6.45) is -0.451. The average molecular weight is 673 g/mol. The molecule has 0 unspecified atom stereocenters. The number of nitrogens with zero attached hydrogens (tertiary/aromatic N) is 1. The maximum atomic E-state index is 11.5. The standard InChI is InChI=1S/C31H64N2O13/c1-31(2,3)46-30(34)32-6-8-35-10-12-37-14-16-39-18-20-41-22-24-43-26-28-45-29-27-44-25-23-42-21-19-40-17-15-38-13-11-36-9-7-33(4)5/h6-29H2,1-5H3,(H,32,34). The van der Waals surface area contributed by atoms with E-state index in [1.807, 2.05) is 34.9 Å². The molecule has 1 N–H and O–H groups in total. The molecule has 1 amide bonds. The van der Waals surface area contributed by atoms with Gasteiger partial charge in [-0.05, 0) is 34.9 Å². The third-order valence-corrected chi connectivity index (χ3v) is 5.32. The van der Waals surface area contributed by atoms with Crippen molar-refractivity contribution in [2.45, 2.75) is 26.4 Å². The number of hydrogen-bond acceptors (Lipinski definition) is 14. The third-order valence-electron chi connectivity index (χ3n) is 5.32. The van der Waals surface area contributed by atoms with Crippen molar-refractivity contribution in [1.29, 1.82) is 0 Å². The molecule has 0 radical (unpaired) electrons. The molecule has 0 aromatic rings. The van der Waals surface area contributed by atoms with Crippen molar-refractivity contribution < 1.29 is 61.6 Å². The minimum atomic E-state index is -0.510. The maximum Gasteiger partial charge on any atom is 0.407 e. The summed E-state index contributed by atoms with van der Waals surface area (Å²) in [5.74, 6) is 0. The highest BCUT2D eigenvalue weighted by molar-refractivity contribution is 5.67. The van der Waals surface area contributed by atoms with Gasteiger partial charge < -0.3 is 67.1 Å². The van der Waals surface area contributed by atoms with Gasteiger partial charge in [-0.1, -0.05) is 0 Å². The molecule has 15 heteroatoms. The molecule has 0 rings (SSSR count). The Balaban J connectivity index is 3.09. The lowest BCUT2D eigenvalue weighted by Gasteiger charge is -2.19. The van der Waals surface area contributed by atoms with Crippen LogP contribution in [0.4, 0.5) is 4.79 Å². The van der Waals surface area contributed by atoms with E-state index in [0.29, 0.717) is 152 Å². The number of nitrogens with one attached hydrogen (secondary N) is 1. The van der Waals surface area contributed by atoms with Gasteiger partial charge in [-0.25, -0.2) is 4.79 Å². The van der Waals surface area contributed by atoms with E-state index in [2.05, 4.69) is 10.2 Å². The number of rotatable bonds is 36. The van der Waals surface area contributed by atoms with E-state index in [9.17, 15) is 4.79 Å². The van der Waals surface area contributed by atoms with Gasteiger partial charge in [-0.3, -0.25) is 0 Å². The highest BCUT2D eigenvalue weighted by Crippen LogP contribution is 2.06. The monoisotopic (exact) mass is 672 g/mol. The summed E-state index contributed by atoms with van der Waals surface area (Å²) in [6, 6.07) is 0. The number of alkyl carbamates (subject to hydrolysis) is 1. The Labute approximate surface area is 277 Å². The molecular formula is C31H64N2O13. The second kappa shape index (κ2) is 35.1. The lowest BCUT2D eigenvalue weighted by Crippen LogP contribution is -2.34. The zero-order valence-electron chi connectivity index (χ0n) is 29.2. The lowest BCUT2D eigenvalue weighted by molar-refractivity contribution is -0.0275. The lowest BCUT2D eigenvalue weighted by atomic mass is 10.2. The van der Waals surface area contributed by atoms with E-state index in [-0.39, 0.29) is 0 Å². The SMILES string of the molecule is CN(C)CCOCCOCCOCCOCCOCCOCCOCCOCCOCCOCCOCCNC(=O)OC(C)(C)C. The summed E-state index contributed by atoms with van der Waals surface area (Å²) in [7, 11) is 4.04. The van der Waals surface area contributed by atoms with E-state index >= 15 is 0 Å². The largest absolute Gasteiger partial charge is 0.444 e. The van der Waals surface area contributed by atoms with Crippen LogP contribution in [-0.2, 0) is 56.8 Å². The molecular weight excluding hydrogens is 608 g/mol. The first-order chi connectivity index (χ1) is 22.3. The van der Waals surface area contributed by atoms with E-state index in [4.69, 9.17) is 56.8 Å². The Morgan fingerprint density at radius 1 is 0.435 bits per heavy atom. The molecule has 0 atom stereocenters. The van der Waals surface area contributed by atoms with Crippen molar-refractivity contribution in [2.24, 2.45) is 0 Å². The Kier molecular flexibility index (Phi) is 34.2. The van der Waals surface area contributed by atoms with Crippen LogP contribution in [0, 0.1) is 0 Å². The molecule has 15 nitrogen and oxygen atoms in total. The molecule has 46 heavy (non-hydrogen) atoms. The second-order valence-corrected chi connectivity index (χ2v) is 11.0. The molecule has 0 heterocycles. The molecule has 0 spiro atoms. The van der Waals surface area contributed by atoms with E-state index < -0.39 is 11.7 Å². The first-order valence-electron chi connectivity index (χ1n) is 16.3. The molecule has 276 valence electrons. The molecule has 0 bridgehead atoms. The van der Waals surface area contributed by atoms with Crippen LogP contribution < -0.4 is 5.32 Å². The predicted molar refractivity (Wildman–Crippen MR) is 172 cm³/mol. The quantitative estimate of drug-likeness (QED) is 0.0954. The molecule has 0 aromatic carbocycles. The van der Waals surface area contributed by atoms with Gasteiger partial charge >= 0.3 is 6.09 Å². The topological polar surface area (TPSA) is 143 Å². The smallest absolute Gasteiger partial charge is 0.407 e. The van der Waals surface area contributed by atoms with Crippen molar-refractivity contribution in [3.05, 3.63) is 0 Å². The molecule has 0 aliphatic rings. The summed E-state index contributed by atoms with van der Waals surface area (Å²) in [5.41, 5.74) is -0.510. The molecule has 0 saturated heterocycles. The van der Waals surface area contributed by atoms with Crippen LogP contribution in [-0.4, -0.2) is 189 Å². The highest BCUT2D eigenvalue weighted by atomic mass is 16.6. The molecule has 0 aliphatic heterocycles. The number of ether oxygens (including phenoxy) is 12. The Morgan fingerprint density at radius 2 is 0.674 bits per heavy atom. The summed E-state index contributed by atoms with van der Waals surface area (Å²) in [4.78, 5) is 13.6. The zero-order chi connectivity index (χ0) is 33.8. The third kappa shape index (κ3) is 40.8. The first kappa shape index (κ1) is 44.8. The summed E-state index contributed by atoms with van der Waals surface area (Å²) in [6.45, 7) is 18.0. The fourth-order valence-corrected chi connectivity index (χ4v) is 3.09. The number of hydrogen-bond donors (Lipinski definition) is 1. The zero-order valence-corrected chi connectivity index (χ0v) is 29.2. The van der Waals surface area contributed by atoms with Crippen LogP contribution in [0.1, 0.15) is 20.8 Å². The van der Waals surface area contributed by atoms with Gasteiger partial charge in [-0.15, -0.1) is 0 Å².